The third-order valence-electron chi connectivity index (χ3n) is 4.73. The number of benzene rings is 2. The van der Waals surface area contributed by atoms with E-state index in [1.54, 1.807) is 42.2 Å². The standard InChI is InChI=1S/C21H21BrFNO3/c1-3-11-24-19(13-9-10-17(23)16(22)12-13)18(21(26)27-4-2)14-7-5-6-8-15(14)20(24)25/h5-10,12,18-19H,3-4,11H2,1-2H3/t18-,19+/m0/s1. The van der Waals surface area contributed by atoms with E-state index in [9.17, 15) is 14.0 Å². The molecule has 2 aromatic rings. The van der Waals surface area contributed by atoms with Crippen LogP contribution in [0.2, 0.25) is 0 Å². The molecule has 1 aliphatic rings. The minimum Gasteiger partial charge on any atom is -0.465 e. The molecule has 0 unspecified atom stereocenters. The normalized spacial score (nSPS) is 19.0. The zero-order chi connectivity index (χ0) is 19.6. The highest BCUT2D eigenvalue weighted by atomic mass is 79.9. The van der Waals surface area contributed by atoms with Gasteiger partial charge in [-0.05, 0) is 58.6 Å². The molecule has 0 saturated carbocycles. The van der Waals surface area contributed by atoms with Crippen LogP contribution in [0.3, 0.4) is 0 Å². The molecular weight excluding hydrogens is 413 g/mol. The van der Waals surface area contributed by atoms with Crippen LogP contribution >= 0.6 is 15.9 Å². The van der Waals surface area contributed by atoms with Gasteiger partial charge >= 0.3 is 5.97 Å². The molecule has 0 N–H and O–H groups in total. The van der Waals surface area contributed by atoms with Crippen molar-refractivity contribution in [3.8, 4) is 0 Å². The van der Waals surface area contributed by atoms with Crippen LogP contribution in [-0.4, -0.2) is 29.9 Å². The molecule has 1 heterocycles. The Morgan fingerprint density at radius 3 is 2.63 bits per heavy atom. The van der Waals surface area contributed by atoms with Gasteiger partial charge in [-0.15, -0.1) is 0 Å². The van der Waals surface area contributed by atoms with Crippen molar-refractivity contribution < 1.29 is 18.7 Å². The third-order valence-corrected chi connectivity index (χ3v) is 5.34. The summed E-state index contributed by atoms with van der Waals surface area (Å²) in [5.41, 5.74) is 1.86. The minimum atomic E-state index is -0.664. The fourth-order valence-electron chi connectivity index (χ4n) is 3.63. The van der Waals surface area contributed by atoms with Gasteiger partial charge < -0.3 is 9.64 Å². The Balaban J connectivity index is 2.21. The molecule has 1 aliphatic heterocycles. The van der Waals surface area contributed by atoms with E-state index in [2.05, 4.69) is 15.9 Å². The fraction of sp³-hybridized carbons (Fsp3) is 0.333. The number of nitrogens with zero attached hydrogens (tertiary/aromatic N) is 1. The van der Waals surface area contributed by atoms with E-state index in [0.717, 1.165) is 6.42 Å². The summed E-state index contributed by atoms with van der Waals surface area (Å²) in [6.45, 7) is 4.47. The Morgan fingerprint density at radius 1 is 1.22 bits per heavy atom. The van der Waals surface area contributed by atoms with Gasteiger partial charge in [0.2, 0.25) is 0 Å². The average molecular weight is 434 g/mol. The van der Waals surface area contributed by atoms with Crippen LogP contribution in [0.1, 0.15) is 53.7 Å². The SMILES string of the molecule is CCCN1C(=O)c2ccccc2[C@H](C(=O)OCC)[C@H]1c1ccc(F)c(Br)c1. The number of rotatable bonds is 5. The molecule has 4 nitrogen and oxygen atoms in total. The summed E-state index contributed by atoms with van der Waals surface area (Å²) in [6, 6.07) is 11.2. The van der Waals surface area contributed by atoms with Crippen molar-refractivity contribution >= 4 is 27.8 Å². The van der Waals surface area contributed by atoms with Crippen molar-refractivity contribution in [1.82, 2.24) is 4.90 Å². The Morgan fingerprint density at radius 2 is 1.96 bits per heavy atom. The second-order valence-corrected chi connectivity index (χ2v) is 7.29. The zero-order valence-corrected chi connectivity index (χ0v) is 16.8. The van der Waals surface area contributed by atoms with Crippen LogP contribution in [0.25, 0.3) is 0 Å². The van der Waals surface area contributed by atoms with E-state index in [-0.39, 0.29) is 18.5 Å². The van der Waals surface area contributed by atoms with Crippen molar-refractivity contribution in [2.24, 2.45) is 0 Å². The largest absolute Gasteiger partial charge is 0.465 e. The predicted molar refractivity (Wildman–Crippen MR) is 104 cm³/mol. The smallest absolute Gasteiger partial charge is 0.315 e. The lowest BCUT2D eigenvalue weighted by Crippen LogP contribution is -2.45. The van der Waals surface area contributed by atoms with Crippen molar-refractivity contribution in [2.75, 3.05) is 13.2 Å². The number of fused-ring (bicyclic) bond motifs is 1. The minimum absolute atomic E-state index is 0.126. The summed E-state index contributed by atoms with van der Waals surface area (Å²) in [6.07, 6.45) is 0.738. The number of esters is 1. The monoisotopic (exact) mass is 433 g/mol. The van der Waals surface area contributed by atoms with E-state index >= 15 is 0 Å². The molecule has 0 fully saturated rings. The highest BCUT2D eigenvalue weighted by molar-refractivity contribution is 9.10. The molecule has 142 valence electrons. The van der Waals surface area contributed by atoms with Crippen molar-refractivity contribution in [2.45, 2.75) is 32.2 Å². The number of carbonyl (C=O) groups excluding carboxylic acids is 2. The van der Waals surface area contributed by atoms with Gasteiger partial charge in [-0.3, -0.25) is 9.59 Å². The lowest BCUT2D eigenvalue weighted by molar-refractivity contribution is -0.146. The first kappa shape index (κ1) is 19.5. The maximum Gasteiger partial charge on any atom is 0.315 e. The number of amides is 1. The van der Waals surface area contributed by atoms with E-state index in [1.165, 1.54) is 6.07 Å². The number of hydrogen-bond acceptors (Lipinski definition) is 3. The van der Waals surface area contributed by atoms with E-state index in [0.29, 0.717) is 27.7 Å². The molecule has 0 saturated heterocycles. The zero-order valence-electron chi connectivity index (χ0n) is 15.2. The molecule has 0 aliphatic carbocycles. The number of ether oxygens (including phenoxy) is 1. The van der Waals surface area contributed by atoms with E-state index < -0.39 is 17.8 Å². The lowest BCUT2D eigenvalue weighted by atomic mass is 9.79. The van der Waals surface area contributed by atoms with Gasteiger partial charge in [-0.25, -0.2) is 4.39 Å². The van der Waals surface area contributed by atoms with Crippen LogP contribution in [0.5, 0.6) is 0 Å². The number of hydrogen-bond donors (Lipinski definition) is 0. The Kier molecular flexibility index (Phi) is 5.95. The van der Waals surface area contributed by atoms with E-state index in [4.69, 9.17) is 4.74 Å². The van der Waals surface area contributed by atoms with Gasteiger partial charge in [0, 0.05) is 12.1 Å². The molecule has 0 bridgehead atoms. The Labute approximate surface area is 166 Å². The maximum absolute atomic E-state index is 13.8. The van der Waals surface area contributed by atoms with Crippen molar-refractivity contribution in [3.05, 3.63) is 69.4 Å². The summed E-state index contributed by atoms with van der Waals surface area (Å²) in [5.74, 6) is -1.57. The third kappa shape index (κ3) is 3.63. The molecule has 1 amide bonds. The molecule has 0 aromatic heterocycles. The first-order valence-electron chi connectivity index (χ1n) is 9.01. The summed E-state index contributed by atoms with van der Waals surface area (Å²) >= 11 is 3.21. The molecule has 2 aromatic carbocycles. The first-order chi connectivity index (χ1) is 13.0. The molecule has 27 heavy (non-hydrogen) atoms. The lowest BCUT2D eigenvalue weighted by Gasteiger charge is -2.41. The average Bonchev–Trinajstić information content (AvgIpc) is 2.66. The number of halogens is 2. The first-order valence-corrected chi connectivity index (χ1v) is 9.80. The van der Waals surface area contributed by atoms with Crippen LogP contribution in [0, 0.1) is 5.82 Å². The second-order valence-electron chi connectivity index (χ2n) is 6.43. The fourth-order valence-corrected chi connectivity index (χ4v) is 4.03. The van der Waals surface area contributed by atoms with Crippen LogP contribution in [-0.2, 0) is 9.53 Å². The predicted octanol–water partition coefficient (Wildman–Crippen LogP) is 4.84. The Hall–Kier alpha value is -2.21. The van der Waals surface area contributed by atoms with Gasteiger partial charge in [-0.2, -0.15) is 0 Å². The van der Waals surface area contributed by atoms with Crippen LogP contribution in [0.15, 0.2) is 46.9 Å². The number of carbonyl (C=O) groups is 2. The molecule has 0 spiro atoms. The maximum atomic E-state index is 13.8. The summed E-state index contributed by atoms with van der Waals surface area (Å²) in [5, 5.41) is 0. The van der Waals surface area contributed by atoms with Gasteiger partial charge in [0.25, 0.3) is 5.91 Å². The van der Waals surface area contributed by atoms with Crippen LogP contribution < -0.4 is 0 Å². The molecular formula is C21H21BrFNO3. The van der Waals surface area contributed by atoms with Gasteiger partial charge in [0.15, 0.2) is 0 Å². The summed E-state index contributed by atoms with van der Waals surface area (Å²) in [7, 11) is 0. The molecule has 6 heteroatoms. The van der Waals surface area contributed by atoms with Crippen LogP contribution in [0.4, 0.5) is 4.39 Å². The van der Waals surface area contributed by atoms with Crippen molar-refractivity contribution in [3.63, 3.8) is 0 Å². The molecule has 0 radical (unpaired) electrons. The van der Waals surface area contributed by atoms with Gasteiger partial charge in [-0.1, -0.05) is 31.2 Å². The second kappa shape index (κ2) is 8.21. The highest BCUT2D eigenvalue weighted by Crippen LogP contribution is 2.44. The van der Waals surface area contributed by atoms with Crippen molar-refractivity contribution in [1.29, 1.82) is 0 Å². The summed E-state index contributed by atoms with van der Waals surface area (Å²) < 4.78 is 19.4. The summed E-state index contributed by atoms with van der Waals surface area (Å²) in [4.78, 5) is 27.8. The topological polar surface area (TPSA) is 46.6 Å². The quantitative estimate of drug-likeness (QED) is 0.633. The highest BCUT2D eigenvalue weighted by Gasteiger charge is 2.44. The van der Waals surface area contributed by atoms with Gasteiger partial charge in [0.1, 0.15) is 11.7 Å². The van der Waals surface area contributed by atoms with Gasteiger partial charge in [0.05, 0.1) is 17.1 Å². The molecule has 3 rings (SSSR count). The molecule has 2 atom stereocenters. The van der Waals surface area contributed by atoms with E-state index in [1.807, 2.05) is 13.0 Å². The Bertz CT molecular complexity index is 870.